The minimum absolute atomic E-state index is 0.880. The maximum absolute atomic E-state index is 4.46. The molecule has 1 aliphatic heterocycles. The van der Waals surface area contributed by atoms with Gasteiger partial charge in [-0.05, 0) is 62.8 Å². The fourth-order valence-corrected chi connectivity index (χ4v) is 3.56. The summed E-state index contributed by atoms with van der Waals surface area (Å²) in [6.07, 6.45) is 5.84. The van der Waals surface area contributed by atoms with Crippen molar-refractivity contribution in [2.24, 2.45) is 5.92 Å². The van der Waals surface area contributed by atoms with E-state index in [9.17, 15) is 0 Å². The molecule has 0 radical (unpaired) electrons. The molecule has 4 heteroatoms. The number of aromatic nitrogens is 1. The fourth-order valence-electron chi connectivity index (χ4n) is 2.78. The molecule has 3 nitrogen and oxygen atoms in total. The van der Waals surface area contributed by atoms with E-state index in [1.807, 2.05) is 6.20 Å². The van der Waals surface area contributed by atoms with Crippen LogP contribution in [0.15, 0.2) is 23.7 Å². The molecule has 102 valence electrons. The second-order valence-electron chi connectivity index (χ2n) is 5.45. The molecule has 3 heterocycles. The summed E-state index contributed by atoms with van der Waals surface area (Å²) < 4.78 is 1.32. The Hall–Kier alpha value is -1.13. The molecule has 1 fully saturated rings. The first-order valence-corrected chi connectivity index (χ1v) is 7.95. The summed E-state index contributed by atoms with van der Waals surface area (Å²) in [5, 5.41) is 6.91. The van der Waals surface area contributed by atoms with E-state index in [1.54, 1.807) is 11.3 Å². The van der Waals surface area contributed by atoms with Crippen LogP contribution in [0.5, 0.6) is 0 Å². The molecule has 2 aromatic heterocycles. The van der Waals surface area contributed by atoms with Crippen LogP contribution < -0.4 is 5.32 Å². The molecule has 1 aliphatic rings. The Morgan fingerprint density at radius 1 is 1.37 bits per heavy atom. The van der Waals surface area contributed by atoms with Gasteiger partial charge in [0.1, 0.15) is 5.82 Å². The Bertz CT molecular complexity index is 529. The summed E-state index contributed by atoms with van der Waals surface area (Å²) >= 11 is 1.78. The van der Waals surface area contributed by atoms with Crippen LogP contribution in [0.25, 0.3) is 10.1 Å². The maximum Gasteiger partial charge on any atom is 0.134 e. The predicted molar refractivity (Wildman–Crippen MR) is 82.9 cm³/mol. The molecule has 0 aromatic carbocycles. The number of nitrogens with zero attached hydrogens (tertiary/aromatic N) is 2. The monoisotopic (exact) mass is 275 g/mol. The van der Waals surface area contributed by atoms with Gasteiger partial charge in [-0.3, -0.25) is 0 Å². The number of rotatable bonds is 4. The topological polar surface area (TPSA) is 28.2 Å². The second-order valence-corrected chi connectivity index (χ2v) is 6.40. The van der Waals surface area contributed by atoms with E-state index in [2.05, 4.69) is 39.8 Å². The summed E-state index contributed by atoms with van der Waals surface area (Å²) in [4.78, 5) is 6.89. The molecule has 0 atom stereocenters. The molecule has 0 amide bonds. The Kier molecular flexibility index (Phi) is 3.99. The molecule has 2 aromatic rings. The minimum atomic E-state index is 0.880. The third-order valence-corrected chi connectivity index (χ3v) is 4.95. The molecule has 0 spiro atoms. The van der Waals surface area contributed by atoms with Crippen molar-refractivity contribution in [2.45, 2.75) is 19.3 Å². The fraction of sp³-hybridized carbons (Fsp3) is 0.533. The van der Waals surface area contributed by atoms with Gasteiger partial charge in [0.15, 0.2) is 0 Å². The van der Waals surface area contributed by atoms with Crippen molar-refractivity contribution in [3.05, 3.63) is 23.7 Å². The lowest BCUT2D eigenvalue weighted by Gasteiger charge is -2.28. The summed E-state index contributed by atoms with van der Waals surface area (Å²) in [7, 11) is 2.22. The molecule has 0 saturated carbocycles. The molecule has 3 rings (SSSR count). The Balaban J connectivity index is 1.53. The highest BCUT2D eigenvalue weighted by atomic mass is 32.1. The van der Waals surface area contributed by atoms with Crippen molar-refractivity contribution in [3.8, 4) is 0 Å². The molecule has 0 bridgehead atoms. The van der Waals surface area contributed by atoms with Crippen LogP contribution >= 0.6 is 11.3 Å². The van der Waals surface area contributed by atoms with E-state index in [1.165, 1.54) is 42.4 Å². The van der Waals surface area contributed by atoms with Crippen molar-refractivity contribution >= 4 is 27.2 Å². The molecule has 19 heavy (non-hydrogen) atoms. The highest BCUT2D eigenvalue weighted by Gasteiger charge is 2.16. The zero-order valence-electron chi connectivity index (χ0n) is 11.4. The Morgan fingerprint density at radius 3 is 3.05 bits per heavy atom. The molecular weight excluding hydrogens is 254 g/mol. The first-order valence-electron chi connectivity index (χ1n) is 7.07. The van der Waals surface area contributed by atoms with E-state index in [4.69, 9.17) is 0 Å². The van der Waals surface area contributed by atoms with Gasteiger partial charge in [0, 0.05) is 22.8 Å². The van der Waals surface area contributed by atoms with Gasteiger partial charge < -0.3 is 10.2 Å². The number of likely N-dealkylation sites (tertiary alicyclic amines) is 1. The number of thiophene rings is 1. The number of piperidine rings is 1. The van der Waals surface area contributed by atoms with Gasteiger partial charge in [-0.15, -0.1) is 11.3 Å². The third kappa shape index (κ3) is 3.07. The van der Waals surface area contributed by atoms with E-state index in [-0.39, 0.29) is 0 Å². The number of hydrogen-bond acceptors (Lipinski definition) is 4. The number of fused-ring (bicyclic) bond motifs is 1. The normalized spacial score (nSPS) is 17.9. The Morgan fingerprint density at radius 2 is 2.21 bits per heavy atom. The summed E-state index contributed by atoms with van der Waals surface area (Å²) in [6, 6.07) is 4.24. The zero-order valence-corrected chi connectivity index (χ0v) is 12.2. The van der Waals surface area contributed by atoms with Gasteiger partial charge in [0.25, 0.3) is 0 Å². The van der Waals surface area contributed by atoms with Crippen molar-refractivity contribution in [2.75, 3.05) is 32.0 Å². The van der Waals surface area contributed by atoms with E-state index >= 15 is 0 Å². The van der Waals surface area contributed by atoms with Crippen LogP contribution in [0.2, 0.25) is 0 Å². The van der Waals surface area contributed by atoms with Crippen molar-refractivity contribution in [1.82, 2.24) is 9.88 Å². The van der Waals surface area contributed by atoms with Gasteiger partial charge in [-0.1, -0.05) is 0 Å². The second kappa shape index (κ2) is 5.88. The molecule has 1 N–H and O–H groups in total. The molecule has 0 unspecified atom stereocenters. The van der Waals surface area contributed by atoms with Crippen LogP contribution in [-0.2, 0) is 0 Å². The van der Waals surface area contributed by atoms with Crippen LogP contribution in [0.3, 0.4) is 0 Å². The number of pyridine rings is 1. The highest BCUT2D eigenvalue weighted by Crippen LogP contribution is 2.26. The maximum atomic E-state index is 4.46. The summed E-state index contributed by atoms with van der Waals surface area (Å²) in [6.45, 7) is 3.54. The summed E-state index contributed by atoms with van der Waals surface area (Å²) in [5.41, 5.74) is 0. The number of anilines is 1. The number of hydrogen-bond donors (Lipinski definition) is 1. The molecule has 0 aliphatic carbocycles. The van der Waals surface area contributed by atoms with Gasteiger partial charge in [0.2, 0.25) is 0 Å². The van der Waals surface area contributed by atoms with Crippen LogP contribution in [0.4, 0.5) is 5.82 Å². The first-order chi connectivity index (χ1) is 9.33. The summed E-state index contributed by atoms with van der Waals surface area (Å²) in [5.74, 6) is 1.93. The smallest absolute Gasteiger partial charge is 0.134 e. The average Bonchev–Trinajstić information content (AvgIpc) is 2.90. The average molecular weight is 275 g/mol. The van der Waals surface area contributed by atoms with E-state index in [0.717, 1.165) is 18.3 Å². The van der Waals surface area contributed by atoms with Crippen molar-refractivity contribution < 1.29 is 0 Å². The van der Waals surface area contributed by atoms with Gasteiger partial charge in [-0.25, -0.2) is 4.98 Å². The van der Waals surface area contributed by atoms with Crippen LogP contribution in [-0.4, -0.2) is 36.6 Å². The zero-order chi connectivity index (χ0) is 13.1. The minimum Gasteiger partial charge on any atom is -0.370 e. The predicted octanol–water partition coefficient (Wildman–Crippen LogP) is 3.44. The quantitative estimate of drug-likeness (QED) is 0.926. The lowest BCUT2D eigenvalue weighted by Crippen LogP contribution is -2.30. The lowest BCUT2D eigenvalue weighted by molar-refractivity contribution is 0.215. The lowest BCUT2D eigenvalue weighted by atomic mass is 9.94. The molecular formula is C15H21N3S. The van der Waals surface area contributed by atoms with Crippen molar-refractivity contribution in [3.63, 3.8) is 0 Å². The standard InChI is InChI=1S/C15H21N3S/c1-18-9-4-12(5-10-18)2-7-16-15-13-6-11-19-14(13)3-8-17-15/h3,6,8,11-12H,2,4-5,7,9-10H2,1H3,(H,16,17). The van der Waals surface area contributed by atoms with E-state index in [0.29, 0.717) is 0 Å². The SMILES string of the molecule is CN1CCC(CCNc2nccc3sccc23)CC1. The third-order valence-electron chi connectivity index (χ3n) is 4.06. The highest BCUT2D eigenvalue weighted by molar-refractivity contribution is 7.17. The van der Waals surface area contributed by atoms with Gasteiger partial charge in [-0.2, -0.15) is 0 Å². The first kappa shape index (κ1) is 12.9. The number of nitrogens with one attached hydrogen (secondary N) is 1. The molecule has 1 saturated heterocycles. The van der Waals surface area contributed by atoms with Crippen molar-refractivity contribution in [1.29, 1.82) is 0 Å². The van der Waals surface area contributed by atoms with Crippen LogP contribution in [0.1, 0.15) is 19.3 Å². The Labute approximate surface area is 118 Å². The van der Waals surface area contributed by atoms with Gasteiger partial charge in [0.05, 0.1) is 0 Å². The van der Waals surface area contributed by atoms with E-state index < -0.39 is 0 Å². The van der Waals surface area contributed by atoms with Crippen LogP contribution in [0, 0.1) is 5.92 Å². The largest absolute Gasteiger partial charge is 0.370 e. The van der Waals surface area contributed by atoms with Gasteiger partial charge >= 0.3 is 0 Å².